The van der Waals surface area contributed by atoms with Gasteiger partial charge in [0.2, 0.25) is 0 Å². The number of hydrogen-bond donors (Lipinski definition) is 1. The predicted molar refractivity (Wildman–Crippen MR) is 60.6 cm³/mol. The van der Waals surface area contributed by atoms with Crippen LogP contribution in [0.5, 0.6) is 0 Å². The minimum Gasteiger partial charge on any atom is -0.398 e. The van der Waals surface area contributed by atoms with E-state index in [2.05, 4.69) is 15.9 Å². The summed E-state index contributed by atoms with van der Waals surface area (Å²) in [6, 6.07) is 5.04. The van der Waals surface area contributed by atoms with E-state index in [9.17, 15) is 10.1 Å². The van der Waals surface area contributed by atoms with Gasteiger partial charge in [0.25, 0.3) is 0 Å². The van der Waals surface area contributed by atoms with Crippen molar-refractivity contribution < 1.29 is 4.92 Å². The van der Waals surface area contributed by atoms with Crippen LogP contribution in [0.15, 0.2) is 22.7 Å². The lowest BCUT2D eigenvalue weighted by atomic mass is 10.2. The maximum Gasteiger partial charge on any atom is 0.325 e. The summed E-state index contributed by atoms with van der Waals surface area (Å²) >= 11 is 4.45. The Hall–Kier alpha value is -1.14. The van der Waals surface area contributed by atoms with E-state index in [4.69, 9.17) is 5.73 Å². The second kappa shape index (κ2) is 3.21. The molecule has 2 aromatic rings. The maximum atomic E-state index is 10.5. The Morgan fingerprint density at radius 2 is 2.21 bits per heavy atom. The first kappa shape index (κ1) is 9.42. The molecule has 0 unspecified atom stereocenters. The number of thiophene rings is 1. The summed E-state index contributed by atoms with van der Waals surface area (Å²) in [7, 11) is 0. The van der Waals surface area contributed by atoms with Gasteiger partial charge in [-0.25, -0.2) is 0 Å². The summed E-state index contributed by atoms with van der Waals surface area (Å²) in [5.74, 6) is 0. The zero-order chi connectivity index (χ0) is 10.3. The topological polar surface area (TPSA) is 69.2 Å². The standard InChI is InChI=1S/C8H5BrN2O2S/c9-8-4-3-7(11(12)13)14-6(4)2-1-5(8)10/h1-3H,10H2. The summed E-state index contributed by atoms with van der Waals surface area (Å²) in [4.78, 5) is 10.1. The van der Waals surface area contributed by atoms with Crippen LogP contribution in [0.2, 0.25) is 0 Å². The number of rotatable bonds is 1. The molecule has 2 rings (SSSR count). The highest BCUT2D eigenvalue weighted by molar-refractivity contribution is 9.10. The van der Waals surface area contributed by atoms with Crippen molar-refractivity contribution in [2.75, 3.05) is 5.73 Å². The number of nitrogens with two attached hydrogens (primary N) is 1. The Labute approximate surface area is 91.6 Å². The van der Waals surface area contributed by atoms with Crippen molar-refractivity contribution in [2.24, 2.45) is 0 Å². The van der Waals surface area contributed by atoms with E-state index < -0.39 is 4.92 Å². The molecule has 1 heterocycles. The van der Waals surface area contributed by atoms with Crippen molar-refractivity contribution in [3.8, 4) is 0 Å². The van der Waals surface area contributed by atoms with Crippen LogP contribution in [0.3, 0.4) is 0 Å². The SMILES string of the molecule is Nc1ccc2sc([N+](=O)[O-])cc2c1Br. The number of anilines is 1. The minimum absolute atomic E-state index is 0.131. The molecule has 1 aromatic carbocycles. The number of nitrogens with zero attached hydrogens (tertiary/aromatic N) is 1. The van der Waals surface area contributed by atoms with E-state index in [0.717, 1.165) is 25.9 Å². The second-order valence-electron chi connectivity index (χ2n) is 2.72. The van der Waals surface area contributed by atoms with Gasteiger partial charge in [0.15, 0.2) is 0 Å². The number of nitrogen functional groups attached to an aromatic ring is 1. The lowest BCUT2D eigenvalue weighted by molar-refractivity contribution is -0.380. The highest BCUT2D eigenvalue weighted by Crippen LogP contribution is 2.38. The Bertz CT molecular complexity index is 523. The van der Waals surface area contributed by atoms with Crippen LogP contribution in [0, 0.1) is 10.1 Å². The van der Waals surface area contributed by atoms with E-state index in [1.807, 2.05) is 0 Å². The van der Waals surface area contributed by atoms with Gasteiger partial charge in [-0.3, -0.25) is 10.1 Å². The van der Waals surface area contributed by atoms with Crippen molar-refractivity contribution in [1.29, 1.82) is 0 Å². The van der Waals surface area contributed by atoms with Crippen LogP contribution in [-0.4, -0.2) is 4.92 Å². The summed E-state index contributed by atoms with van der Waals surface area (Å²) < 4.78 is 1.58. The van der Waals surface area contributed by atoms with Gasteiger partial charge in [-0.2, -0.15) is 0 Å². The van der Waals surface area contributed by atoms with E-state index in [0.29, 0.717) is 5.69 Å². The highest BCUT2D eigenvalue weighted by atomic mass is 79.9. The fraction of sp³-hybridized carbons (Fsp3) is 0. The molecule has 2 N–H and O–H groups in total. The van der Waals surface area contributed by atoms with Crippen LogP contribution >= 0.6 is 27.3 Å². The quantitative estimate of drug-likeness (QED) is 0.493. The molecule has 0 saturated carbocycles. The number of hydrogen-bond acceptors (Lipinski definition) is 4. The molecule has 4 nitrogen and oxygen atoms in total. The lowest BCUT2D eigenvalue weighted by Crippen LogP contribution is -1.84. The minimum atomic E-state index is -0.396. The van der Waals surface area contributed by atoms with E-state index >= 15 is 0 Å². The van der Waals surface area contributed by atoms with Crippen molar-refractivity contribution in [3.05, 3.63) is 32.8 Å². The molecule has 1 aromatic heterocycles. The second-order valence-corrected chi connectivity index (χ2v) is 4.58. The zero-order valence-electron chi connectivity index (χ0n) is 6.86. The Kier molecular flexibility index (Phi) is 2.16. The van der Waals surface area contributed by atoms with Crippen LogP contribution < -0.4 is 5.73 Å². The molecule has 0 aliphatic carbocycles. The smallest absolute Gasteiger partial charge is 0.325 e. The molecule has 0 aliphatic rings. The van der Waals surface area contributed by atoms with E-state index in [1.165, 1.54) is 6.07 Å². The summed E-state index contributed by atoms with van der Waals surface area (Å²) in [5.41, 5.74) is 6.25. The van der Waals surface area contributed by atoms with Gasteiger partial charge in [-0.1, -0.05) is 11.3 Å². The molecular formula is C8H5BrN2O2S. The summed E-state index contributed by atoms with van der Waals surface area (Å²) in [5, 5.41) is 11.5. The molecule has 0 fully saturated rings. The third-order valence-electron chi connectivity index (χ3n) is 1.83. The maximum absolute atomic E-state index is 10.5. The molecular weight excluding hydrogens is 268 g/mol. The Balaban J connectivity index is 2.77. The van der Waals surface area contributed by atoms with Gasteiger partial charge in [-0.15, -0.1) is 0 Å². The first-order valence-electron chi connectivity index (χ1n) is 3.71. The predicted octanol–water partition coefficient (Wildman–Crippen LogP) is 3.15. The Morgan fingerprint density at radius 3 is 2.86 bits per heavy atom. The van der Waals surface area contributed by atoms with Crippen LogP contribution in [0.25, 0.3) is 10.1 Å². The molecule has 0 amide bonds. The number of halogens is 1. The number of nitro groups is 1. The van der Waals surface area contributed by atoms with Crippen LogP contribution in [0.4, 0.5) is 10.7 Å². The molecule has 0 bridgehead atoms. The zero-order valence-corrected chi connectivity index (χ0v) is 9.26. The first-order valence-corrected chi connectivity index (χ1v) is 5.32. The molecule has 14 heavy (non-hydrogen) atoms. The summed E-state index contributed by atoms with van der Waals surface area (Å²) in [6.07, 6.45) is 0. The molecule has 0 radical (unpaired) electrons. The highest BCUT2D eigenvalue weighted by Gasteiger charge is 2.13. The monoisotopic (exact) mass is 272 g/mol. The van der Waals surface area contributed by atoms with Gasteiger partial charge < -0.3 is 5.73 Å². The third kappa shape index (κ3) is 1.36. The van der Waals surface area contributed by atoms with E-state index in [-0.39, 0.29) is 5.00 Å². The van der Waals surface area contributed by atoms with Crippen molar-refractivity contribution in [3.63, 3.8) is 0 Å². The molecule has 0 spiro atoms. The molecule has 0 atom stereocenters. The number of benzene rings is 1. The normalized spacial score (nSPS) is 10.6. The van der Waals surface area contributed by atoms with Gasteiger partial charge in [-0.05, 0) is 28.1 Å². The van der Waals surface area contributed by atoms with Crippen LogP contribution in [-0.2, 0) is 0 Å². The summed E-state index contributed by atoms with van der Waals surface area (Å²) in [6.45, 7) is 0. The van der Waals surface area contributed by atoms with Crippen LogP contribution in [0.1, 0.15) is 0 Å². The molecule has 0 aliphatic heterocycles. The van der Waals surface area contributed by atoms with Crippen molar-refractivity contribution >= 4 is 48.0 Å². The van der Waals surface area contributed by atoms with Gasteiger partial charge in [0.1, 0.15) is 0 Å². The van der Waals surface area contributed by atoms with Gasteiger partial charge in [0.05, 0.1) is 4.92 Å². The van der Waals surface area contributed by atoms with Gasteiger partial charge in [0, 0.05) is 26.3 Å². The number of fused-ring (bicyclic) bond motifs is 1. The Morgan fingerprint density at radius 1 is 1.50 bits per heavy atom. The molecule has 72 valence electrons. The first-order chi connectivity index (χ1) is 6.59. The molecule has 0 saturated heterocycles. The van der Waals surface area contributed by atoms with Crippen molar-refractivity contribution in [2.45, 2.75) is 0 Å². The lowest BCUT2D eigenvalue weighted by Gasteiger charge is -1.96. The fourth-order valence-corrected chi connectivity index (χ4v) is 2.65. The van der Waals surface area contributed by atoms with E-state index in [1.54, 1.807) is 12.1 Å². The third-order valence-corrected chi connectivity index (χ3v) is 3.77. The largest absolute Gasteiger partial charge is 0.398 e. The average molecular weight is 273 g/mol. The fourth-order valence-electron chi connectivity index (χ4n) is 1.17. The van der Waals surface area contributed by atoms with Gasteiger partial charge >= 0.3 is 5.00 Å². The average Bonchev–Trinajstić information content (AvgIpc) is 2.56. The molecule has 6 heteroatoms. The van der Waals surface area contributed by atoms with Crippen molar-refractivity contribution in [1.82, 2.24) is 0 Å².